The van der Waals surface area contributed by atoms with Crippen molar-refractivity contribution in [3.63, 3.8) is 0 Å². The number of pyridine rings is 1. The van der Waals surface area contributed by atoms with Gasteiger partial charge in [-0.3, -0.25) is 9.79 Å². The molecule has 1 aromatic rings. The molecule has 0 spiro atoms. The number of hydrogen-bond donors (Lipinski definition) is 0. The van der Waals surface area contributed by atoms with E-state index in [0.29, 0.717) is 0 Å². The summed E-state index contributed by atoms with van der Waals surface area (Å²) < 4.78 is 14.1. The second kappa shape index (κ2) is 6.34. The van der Waals surface area contributed by atoms with Gasteiger partial charge in [0.05, 0.1) is 0 Å². The molecule has 2 aliphatic carbocycles. The zero-order chi connectivity index (χ0) is 17.3. The lowest BCUT2D eigenvalue weighted by molar-refractivity contribution is 0.405. The molecule has 0 N–H and O–H groups in total. The van der Waals surface area contributed by atoms with Crippen LogP contribution in [-0.2, 0) is 19.0 Å². The molecule has 0 saturated heterocycles. The molecule has 24 heavy (non-hydrogen) atoms. The van der Waals surface area contributed by atoms with Crippen molar-refractivity contribution >= 4 is 6.21 Å². The van der Waals surface area contributed by atoms with E-state index in [-0.39, 0.29) is 11.5 Å². The molecule has 0 saturated carbocycles. The van der Waals surface area contributed by atoms with Crippen molar-refractivity contribution in [2.24, 2.45) is 18.0 Å². The molecule has 3 nitrogen and oxygen atoms in total. The van der Waals surface area contributed by atoms with E-state index >= 15 is 0 Å². The van der Waals surface area contributed by atoms with E-state index in [1.54, 1.807) is 22.9 Å². The summed E-state index contributed by atoms with van der Waals surface area (Å²) in [5.74, 6) is 0.256. The smallest absolute Gasteiger partial charge is 0.250 e. The van der Waals surface area contributed by atoms with E-state index < -0.39 is 12.2 Å². The summed E-state index contributed by atoms with van der Waals surface area (Å²) in [4.78, 5) is 17.0. The van der Waals surface area contributed by atoms with E-state index in [4.69, 9.17) is 4.99 Å². The predicted molar refractivity (Wildman–Crippen MR) is 96.3 cm³/mol. The van der Waals surface area contributed by atoms with Crippen molar-refractivity contribution in [3.05, 3.63) is 69.2 Å². The van der Waals surface area contributed by atoms with Crippen LogP contribution in [0.3, 0.4) is 0 Å². The lowest BCUT2D eigenvalue weighted by Crippen LogP contribution is -2.42. The monoisotopic (exact) mass is 326 g/mol. The molecule has 0 fully saturated rings. The maximum Gasteiger partial charge on any atom is 0.250 e. The Balaban J connectivity index is 2.26. The number of aromatic nitrogens is 1. The van der Waals surface area contributed by atoms with Gasteiger partial charge >= 0.3 is 0 Å². The first-order valence-electron chi connectivity index (χ1n) is 8.33. The molecule has 0 aromatic carbocycles. The van der Waals surface area contributed by atoms with Gasteiger partial charge in [0.1, 0.15) is 12.2 Å². The number of nitrogens with zero attached hydrogens (tertiary/aromatic N) is 2. The van der Waals surface area contributed by atoms with Gasteiger partial charge in [-0.05, 0) is 38.0 Å². The first-order chi connectivity index (χ1) is 11.5. The minimum Gasteiger partial charge on any atom is -0.315 e. The van der Waals surface area contributed by atoms with Crippen LogP contribution in [0.25, 0.3) is 0 Å². The van der Waals surface area contributed by atoms with E-state index in [9.17, 15) is 9.18 Å². The molecule has 2 unspecified atom stereocenters. The van der Waals surface area contributed by atoms with Crippen molar-refractivity contribution in [2.45, 2.75) is 32.2 Å². The molecular formula is C20H23FN2O. The molecule has 2 aliphatic rings. The molecule has 1 heterocycles. The molecule has 4 heteroatoms. The molecule has 1 aromatic heterocycles. The summed E-state index contributed by atoms with van der Waals surface area (Å²) in [7, 11) is 1.83. The van der Waals surface area contributed by atoms with Crippen LogP contribution in [0.4, 0.5) is 4.39 Å². The molecule has 0 radical (unpaired) electrons. The zero-order valence-electron chi connectivity index (χ0n) is 14.4. The largest absolute Gasteiger partial charge is 0.315 e. The van der Waals surface area contributed by atoms with Gasteiger partial charge in [-0.25, -0.2) is 4.39 Å². The average molecular weight is 326 g/mol. The fraction of sp³-hybridized carbons (Fsp3) is 0.400. The molecule has 2 bridgehead atoms. The van der Waals surface area contributed by atoms with Crippen molar-refractivity contribution in [3.8, 4) is 0 Å². The maximum atomic E-state index is 12.3. The third kappa shape index (κ3) is 2.50. The molecule has 0 aliphatic heterocycles. The second-order valence-electron chi connectivity index (χ2n) is 6.56. The zero-order valence-corrected chi connectivity index (χ0v) is 14.4. The average Bonchev–Trinajstić information content (AvgIpc) is 2.55. The number of alkyl halides is 1. The Morgan fingerprint density at radius 3 is 2.96 bits per heavy atom. The highest BCUT2D eigenvalue weighted by molar-refractivity contribution is 5.73. The summed E-state index contributed by atoms with van der Waals surface area (Å²) in [6.07, 6.45) is 10.8. The van der Waals surface area contributed by atoms with E-state index in [2.05, 4.69) is 19.1 Å². The van der Waals surface area contributed by atoms with Crippen molar-refractivity contribution in [2.75, 3.05) is 6.67 Å². The van der Waals surface area contributed by atoms with Crippen LogP contribution >= 0.6 is 0 Å². The number of aliphatic imine (C=N–C) groups is 1. The summed E-state index contributed by atoms with van der Waals surface area (Å²) >= 11 is 0. The molecule has 3 rings (SSSR count). The first kappa shape index (κ1) is 16.6. The number of fused-ring (bicyclic) bond motifs is 4. The Hall–Kier alpha value is -2.23. The highest BCUT2D eigenvalue weighted by Crippen LogP contribution is 2.52. The fourth-order valence-electron chi connectivity index (χ4n) is 4.16. The number of halogens is 1. The normalized spacial score (nSPS) is 27.8. The highest BCUT2D eigenvalue weighted by Gasteiger charge is 2.46. The third-order valence-electron chi connectivity index (χ3n) is 5.11. The van der Waals surface area contributed by atoms with Crippen LogP contribution in [0.5, 0.6) is 0 Å². The molecular weight excluding hydrogens is 303 g/mol. The highest BCUT2D eigenvalue weighted by atomic mass is 19.1. The Morgan fingerprint density at radius 2 is 2.25 bits per heavy atom. The standard InChI is InChI=1S/C20H23FN2O/c1-4-16-15-11-14(2)13-20(16,22-10-6-5-9-21)17-7-8-19(24)23(3)18(17)12-15/h4-8,10-11,15H,9,12-13H2,1-3H3/b6-5+,16-4-,22-10?. The minimum atomic E-state index is -0.498. The van der Waals surface area contributed by atoms with Gasteiger partial charge in [-0.2, -0.15) is 0 Å². The third-order valence-corrected chi connectivity index (χ3v) is 5.11. The topological polar surface area (TPSA) is 34.4 Å². The minimum absolute atomic E-state index is 0.00732. The maximum absolute atomic E-state index is 12.3. The van der Waals surface area contributed by atoms with Gasteiger partial charge in [-0.1, -0.05) is 23.8 Å². The Labute approximate surface area is 141 Å². The Kier molecular flexibility index (Phi) is 4.39. The van der Waals surface area contributed by atoms with Crippen LogP contribution in [-0.4, -0.2) is 17.5 Å². The second-order valence-corrected chi connectivity index (χ2v) is 6.56. The van der Waals surface area contributed by atoms with Crippen LogP contribution in [0, 0.1) is 5.92 Å². The first-order valence-corrected chi connectivity index (χ1v) is 8.33. The van der Waals surface area contributed by atoms with Gasteiger partial charge < -0.3 is 4.57 Å². The Bertz CT molecular complexity index is 829. The predicted octanol–water partition coefficient (Wildman–Crippen LogP) is 3.65. The van der Waals surface area contributed by atoms with Crippen molar-refractivity contribution in [1.29, 1.82) is 0 Å². The van der Waals surface area contributed by atoms with Crippen LogP contribution < -0.4 is 5.56 Å². The quantitative estimate of drug-likeness (QED) is 0.617. The van der Waals surface area contributed by atoms with E-state index in [1.807, 2.05) is 20.0 Å². The lowest BCUT2D eigenvalue weighted by atomic mass is 9.63. The van der Waals surface area contributed by atoms with Crippen LogP contribution in [0.15, 0.2) is 57.4 Å². The van der Waals surface area contributed by atoms with Gasteiger partial charge in [0, 0.05) is 42.9 Å². The molecule has 0 amide bonds. The van der Waals surface area contributed by atoms with E-state index in [1.165, 1.54) is 17.2 Å². The van der Waals surface area contributed by atoms with Crippen LogP contribution in [0.2, 0.25) is 0 Å². The van der Waals surface area contributed by atoms with Crippen molar-refractivity contribution < 1.29 is 4.39 Å². The van der Waals surface area contributed by atoms with E-state index in [0.717, 1.165) is 24.1 Å². The summed E-state index contributed by atoms with van der Waals surface area (Å²) in [5.41, 5.74) is 4.23. The number of hydrogen-bond acceptors (Lipinski definition) is 2. The molecule has 126 valence electrons. The van der Waals surface area contributed by atoms with Gasteiger partial charge in [-0.15, -0.1) is 0 Å². The van der Waals surface area contributed by atoms with Crippen LogP contribution in [0.1, 0.15) is 31.5 Å². The number of allylic oxidation sites excluding steroid dienone is 4. The van der Waals surface area contributed by atoms with Gasteiger partial charge in [0.25, 0.3) is 0 Å². The summed E-state index contributed by atoms with van der Waals surface area (Å²) in [5, 5.41) is 0. The van der Waals surface area contributed by atoms with Gasteiger partial charge in [0.15, 0.2) is 0 Å². The molecule has 2 atom stereocenters. The summed E-state index contributed by atoms with van der Waals surface area (Å²) in [6, 6.07) is 3.54. The summed E-state index contributed by atoms with van der Waals surface area (Å²) in [6.45, 7) is 3.68. The van der Waals surface area contributed by atoms with Crippen molar-refractivity contribution in [1.82, 2.24) is 4.57 Å². The fourth-order valence-corrected chi connectivity index (χ4v) is 4.16. The van der Waals surface area contributed by atoms with Gasteiger partial charge in [0.2, 0.25) is 5.56 Å². The Morgan fingerprint density at radius 1 is 1.46 bits per heavy atom. The number of rotatable bonds is 3. The lowest BCUT2D eigenvalue weighted by Gasteiger charge is -2.45. The SMILES string of the molecule is C/C=C1/C2C=C(C)CC1(N=C/C=C/CF)c1ccc(=O)n(C)c1C2.